The summed E-state index contributed by atoms with van der Waals surface area (Å²) in [6.07, 6.45) is 4.93. The number of aromatic nitrogens is 1. The summed E-state index contributed by atoms with van der Waals surface area (Å²) >= 11 is 0. The number of esters is 1. The van der Waals surface area contributed by atoms with E-state index in [9.17, 15) is 9.00 Å². The number of H-pyrrole nitrogens is 1. The molecule has 1 atom stereocenters. The largest absolute Gasteiger partial charge is 0.491 e. The highest BCUT2D eigenvalue weighted by molar-refractivity contribution is 7.85. The number of unbranched alkanes of at least 4 members (excludes halogenated alkanes) is 1. The molecule has 0 saturated carbocycles. The molecule has 1 heterocycles. The predicted octanol–water partition coefficient (Wildman–Crippen LogP) is 3.73. The average molecular weight is 368 g/mol. The number of aromatic amines is 1. The number of rotatable bonds is 9. The van der Waals surface area contributed by atoms with Gasteiger partial charge in [-0.15, -0.1) is 6.58 Å². The van der Waals surface area contributed by atoms with Gasteiger partial charge in [-0.1, -0.05) is 6.08 Å². The first-order valence-electron chi connectivity index (χ1n) is 8.31. The summed E-state index contributed by atoms with van der Waals surface area (Å²) in [6.45, 7) is 13.5. The average Bonchev–Trinajstić information content (AvgIpc) is 2.85. The molecule has 0 radical (unpaired) electrons. The number of allylic oxidation sites excluding steroid dienone is 1. The van der Waals surface area contributed by atoms with Crippen LogP contribution >= 0.6 is 0 Å². The van der Waals surface area contributed by atoms with Crippen LogP contribution in [0.5, 0.6) is 5.75 Å². The second kappa shape index (κ2) is 9.56. The molecule has 0 aliphatic rings. The summed E-state index contributed by atoms with van der Waals surface area (Å²) in [6, 6.07) is 0. The van der Waals surface area contributed by atoms with Gasteiger partial charge in [0.2, 0.25) is 0 Å². The van der Waals surface area contributed by atoms with Gasteiger partial charge in [-0.25, -0.2) is 9.00 Å². The Bertz CT molecular complexity index is 657. The summed E-state index contributed by atoms with van der Waals surface area (Å²) in [5, 5.41) is 0. The Morgan fingerprint density at radius 1 is 1.40 bits per heavy atom. The summed E-state index contributed by atoms with van der Waals surface area (Å²) in [5.74, 6) is -0.0357. The summed E-state index contributed by atoms with van der Waals surface area (Å²) in [5.41, 5.74) is 1.57. The molecule has 0 spiro atoms. The molecule has 0 saturated heterocycles. The normalized spacial score (nSPS) is 13.0. The highest BCUT2D eigenvalue weighted by Gasteiger charge is 2.23. The van der Waals surface area contributed by atoms with Gasteiger partial charge >= 0.3 is 5.97 Å². The lowest BCUT2D eigenvalue weighted by atomic mass is 10.2. The van der Waals surface area contributed by atoms with Gasteiger partial charge in [-0.3, -0.25) is 0 Å². The van der Waals surface area contributed by atoms with Crippen LogP contribution in [0.4, 0.5) is 0 Å². The van der Waals surface area contributed by atoms with Crippen LogP contribution in [0.1, 0.15) is 62.3 Å². The maximum absolute atomic E-state index is 12.2. The fourth-order valence-corrected chi connectivity index (χ4v) is 2.43. The van der Waals surface area contributed by atoms with Crippen molar-refractivity contribution in [1.29, 1.82) is 0 Å². The zero-order chi connectivity index (χ0) is 19.0. The lowest BCUT2D eigenvalue weighted by Crippen LogP contribution is -2.19. The number of ether oxygens (including phenoxy) is 2. The third-order valence-electron chi connectivity index (χ3n) is 3.31. The summed E-state index contributed by atoms with van der Waals surface area (Å²) < 4.78 is 26.6. The van der Waals surface area contributed by atoms with E-state index in [-0.39, 0.29) is 12.3 Å². The topological polar surface area (TPSA) is 80.8 Å². The standard InChI is InChI=1S/C18H28N2O4S/c1-7-9-10-11-24-16-13(3)14(12-19-25(22)18(4,5)6)20-15(16)17(21)23-8-2/h7,12,20H,1,8-11H2,2-6H3/b19-12+/t25-/m1/s1. The van der Waals surface area contributed by atoms with Crippen LogP contribution in [-0.4, -0.2) is 39.3 Å². The van der Waals surface area contributed by atoms with Crippen molar-refractivity contribution in [1.82, 2.24) is 4.98 Å². The van der Waals surface area contributed by atoms with Crippen LogP contribution < -0.4 is 4.74 Å². The SMILES string of the molecule is C=CCCCOc1c(C(=O)OCC)[nH]c(/C=N/[S@](=O)C(C)(C)C)c1C. The molecule has 0 bridgehead atoms. The third-order valence-corrected chi connectivity index (χ3v) is 4.66. The van der Waals surface area contributed by atoms with Gasteiger partial charge in [0, 0.05) is 5.56 Å². The molecule has 1 aromatic heterocycles. The zero-order valence-corrected chi connectivity index (χ0v) is 16.5. The predicted molar refractivity (Wildman–Crippen MR) is 102 cm³/mol. The van der Waals surface area contributed by atoms with Crippen molar-refractivity contribution in [3.63, 3.8) is 0 Å². The summed E-state index contributed by atoms with van der Waals surface area (Å²) in [7, 11) is -1.38. The molecule has 0 aromatic carbocycles. The first-order chi connectivity index (χ1) is 11.7. The van der Waals surface area contributed by atoms with Crippen molar-refractivity contribution in [2.45, 2.75) is 52.2 Å². The van der Waals surface area contributed by atoms with Crippen LogP contribution in [0.3, 0.4) is 0 Å². The number of nitrogens with one attached hydrogen (secondary N) is 1. The maximum atomic E-state index is 12.2. The van der Waals surface area contributed by atoms with Gasteiger partial charge in [0.1, 0.15) is 11.0 Å². The second-order valence-corrected chi connectivity index (χ2v) is 8.40. The minimum absolute atomic E-state index is 0.251. The Balaban J connectivity index is 3.10. The smallest absolute Gasteiger partial charge is 0.358 e. The summed E-state index contributed by atoms with van der Waals surface area (Å²) in [4.78, 5) is 15.1. The van der Waals surface area contributed by atoms with Crippen molar-refractivity contribution in [3.05, 3.63) is 29.6 Å². The fraction of sp³-hybridized carbons (Fsp3) is 0.556. The van der Waals surface area contributed by atoms with Crippen molar-refractivity contribution in [2.75, 3.05) is 13.2 Å². The van der Waals surface area contributed by atoms with Gasteiger partial charge in [-0.05, 0) is 47.5 Å². The Morgan fingerprint density at radius 2 is 2.08 bits per heavy atom. The minimum atomic E-state index is -1.38. The molecular weight excluding hydrogens is 340 g/mol. The van der Waals surface area contributed by atoms with E-state index in [0.29, 0.717) is 18.1 Å². The highest BCUT2D eigenvalue weighted by Crippen LogP contribution is 2.27. The Hall–Kier alpha value is -1.89. The number of hydrogen-bond donors (Lipinski definition) is 1. The molecule has 0 amide bonds. The molecule has 7 heteroatoms. The van der Waals surface area contributed by atoms with Crippen LogP contribution in [0.2, 0.25) is 0 Å². The molecule has 0 fully saturated rings. The highest BCUT2D eigenvalue weighted by atomic mass is 32.2. The molecule has 6 nitrogen and oxygen atoms in total. The molecular formula is C18H28N2O4S. The number of carbonyl (C=O) groups is 1. The van der Waals surface area contributed by atoms with E-state index in [1.165, 1.54) is 6.21 Å². The van der Waals surface area contributed by atoms with Gasteiger partial charge in [0.15, 0.2) is 11.4 Å². The number of nitrogens with zero attached hydrogens (tertiary/aromatic N) is 1. The van der Waals surface area contributed by atoms with Crippen LogP contribution in [0.15, 0.2) is 17.1 Å². The molecule has 0 aliphatic heterocycles. The van der Waals surface area contributed by atoms with Crippen LogP contribution in [0, 0.1) is 6.92 Å². The van der Waals surface area contributed by atoms with E-state index in [4.69, 9.17) is 9.47 Å². The van der Waals surface area contributed by atoms with E-state index in [1.807, 2.05) is 33.8 Å². The Morgan fingerprint density at radius 3 is 2.64 bits per heavy atom. The van der Waals surface area contributed by atoms with Crippen LogP contribution in [-0.2, 0) is 15.7 Å². The van der Waals surface area contributed by atoms with Gasteiger partial charge in [0.05, 0.1) is 29.9 Å². The molecule has 140 valence electrons. The van der Waals surface area contributed by atoms with E-state index < -0.39 is 21.7 Å². The molecule has 1 N–H and O–H groups in total. The number of carbonyl (C=O) groups excluding carboxylic acids is 1. The lowest BCUT2D eigenvalue weighted by molar-refractivity contribution is 0.0515. The van der Waals surface area contributed by atoms with Crippen molar-refractivity contribution in [2.24, 2.45) is 4.40 Å². The van der Waals surface area contributed by atoms with E-state index in [0.717, 1.165) is 18.4 Å². The first-order valence-corrected chi connectivity index (χ1v) is 9.42. The first kappa shape index (κ1) is 21.2. The molecule has 25 heavy (non-hydrogen) atoms. The monoisotopic (exact) mass is 368 g/mol. The molecule has 1 aromatic rings. The van der Waals surface area contributed by atoms with Gasteiger partial charge in [0.25, 0.3) is 0 Å². The maximum Gasteiger partial charge on any atom is 0.358 e. The quantitative estimate of drug-likeness (QED) is 0.312. The van der Waals surface area contributed by atoms with Crippen molar-refractivity contribution >= 4 is 23.2 Å². The Labute approximate surface area is 152 Å². The molecule has 0 unspecified atom stereocenters. The van der Waals surface area contributed by atoms with Crippen molar-refractivity contribution < 1.29 is 18.5 Å². The molecule has 1 rings (SSSR count). The van der Waals surface area contributed by atoms with Crippen LogP contribution in [0.25, 0.3) is 0 Å². The fourth-order valence-electron chi connectivity index (χ4n) is 1.91. The molecule has 0 aliphatic carbocycles. The van der Waals surface area contributed by atoms with E-state index in [2.05, 4.69) is 16.0 Å². The lowest BCUT2D eigenvalue weighted by Gasteiger charge is -2.12. The van der Waals surface area contributed by atoms with E-state index >= 15 is 0 Å². The number of hydrogen-bond acceptors (Lipinski definition) is 4. The van der Waals surface area contributed by atoms with E-state index in [1.54, 1.807) is 6.92 Å². The van der Waals surface area contributed by atoms with Gasteiger partial charge < -0.3 is 14.5 Å². The van der Waals surface area contributed by atoms with Crippen molar-refractivity contribution in [3.8, 4) is 5.75 Å². The zero-order valence-electron chi connectivity index (χ0n) is 15.7. The second-order valence-electron chi connectivity index (χ2n) is 6.46. The van der Waals surface area contributed by atoms with Gasteiger partial charge in [-0.2, -0.15) is 4.40 Å². The Kier molecular flexibility index (Phi) is 8.09. The third kappa shape index (κ3) is 6.16. The minimum Gasteiger partial charge on any atom is -0.491 e.